The Morgan fingerprint density at radius 2 is 1.52 bits per heavy atom. The van der Waals surface area contributed by atoms with E-state index in [9.17, 15) is 18.0 Å². The van der Waals surface area contributed by atoms with Gasteiger partial charge in [-0.1, -0.05) is 12.1 Å². The van der Waals surface area contributed by atoms with Gasteiger partial charge in [0.05, 0.1) is 22.5 Å². The number of halogens is 3. The Morgan fingerprint density at radius 3 is 2.24 bits per heavy atom. The molecule has 5 nitrogen and oxygen atoms in total. The summed E-state index contributed by atoms with van der Waals surface area (Å²) in [7, 11) is 0. The minimum absolute atomic E-state index is 0.0470. The van der Waals surface area contributed by atoms with Gasteiger partial charge in [-0.3, -0.25) is 4.79 Å². The number of rotatable bonds is 3. The SMILES string of the molecule is Nc1ccc(-c2cc(Cc3n[nH]c(=O)c4c(F)ccc(F)c34)ccc2F)cc1N. The van der Waals surface area contributed by atoms with Gasteiger partial charge in [0.2, 0.25) is 0 Å². The minimum Gasteiger partial charge on any atom is -0.397 e. The molecule has 0 saturated carbocycles. The highest BCUT2D eigenvalue weighted by Gasteiger charge is 2.16. The van der Waals surface area contributed by atoms with Crippen molar-refractivity contribution in [2.75, 3.05) is 11.5 Å². The van der Waals surface area contributed by atoms with Crippen LogP contribution in [0.2, 0.25) is 0 Å². The van der Waals surface area contributed by atoms with Crippen LogP contribution in [-0.4, -0.2) is 10.2 Å². The van der Waals surface area contributed by atoms with Crippen molar-refractivity contribution in [2.45, 2.75) is 6.42 Å². The fraction of sp³-hybridized carbons (Fsp3) is 0.0476. The van der Waals surface area contributed by atoms with Crippen LogP contribution in [0.25, 0.3) is 21.9 Å². The molecule has 1 heterocycles. The van der Waals surface area contributed by atoms with Gasteiger partial charge in [0, 0.05) is 17.4 Å². The highest BCUT2D eigenvalue weighted by atomic mass is 19.1. The van der Waals surface area contributed by atoms with Crippen LogP contribution in [0, 0.1) is 17.5 Å². The standard InChI is InChI=1S/C21H15F3N4O/c22-13-3-1-10(7-12(13)11-2-6-16(25)17(26)9-11)8-18-19-14(23)4-5-15(24)20(19)21(29)28-27-18/h1-7,9H,8,25-26H2,(H,28,29). The zero-order valence-electron chi connectivity index (χ0n) is 15.0. The lowest BCUT2D eigenvalue weighted by Crippen LogP contribution is -2.14. The van der Waals surface area contributed by atoms with Gasteiger partial charge in [0.1, 0.15) is 17.5 Å². The summed E-state index contributed by atoms with van der Waals surface area (Å²) in [6.07, 6.45) is 0.0470. The molecular weight excluding hydrogens is 381 g/mol. The van der Waals surface area contributed by atoms with Gasteiger partial charge < -0.3 is 11.5 Å². The Hall–Kier alpha value is -3.81. The topological polar surface area (TPSA) is 97.8 Å². The van der Waals surface area contributed by atoms with Gasteiger partial charge in [-0.2, -0.15) is 5.10 Å². The summed E-state index contributed by atoms with van der Waals surface area (Å²) in [5.74, 6) is -2.08. The van der Waals surface area contributed by atoms with Crippen molar-refractivity contribution in [3.05, 3.63) is 87.6 Å². The fourth-order valence-electron chi connectivity index (χ4n) is 3.25. The van der Waals surface area contributed by atoms with Gasteiger partial charge in [-0.05, 0) is 47.5 Å². The highest BCUT2D eigenvalue weighted by molar-refractivity contribution is 5.85. The predicted molar refractivity (Wildman–Crippen MR) is 106 cm³/mol. The predicted octanol–water partition coefficient (Wildman–Crippen LogP) is 3.76. The van der Waals surface area contributed by atoms with Crippen molar-refractivity contribution < 1.29 is 13.2 Å². The lowest BCUT2D eigenvalue weighted by molar-refractivity contribution is 0.614. The van der Waals surface area contributed by atoms with Gasteiger partial charge in [0.25, 0.3) is 5.56 Å². The maximum absolute atomic E-state index is 14.4. The zero-order valence-corrected chi connectivity index (χ0v) is 15.0. The number of benzene rings is 3. The van der Waals surface area contributed by atoms with Crippen LogP contribution in [0.15, 0.2) is 53.3 Å². The molecule has 0 bridgehead atoms. The molecule has 4 rings (SSSR count). The first kappa shape index (κ1) is 18.5. The molecule has 0 radical (unpaired) electrons. The molecule has 0 aliphatic rings. The minimum atomic E-state index is -0.844. The second-order valence-electron chi connectivity index (χ2n) is 6.61. The third kappa shape index (κ3) is 3.29. The van der Waals surface area contributed by atoms with Crippen molar-refractivity contribution in [3.63, 3.8) is 0 Å². The summed E-state index contributed by atoms with van der Waals surface area (Å²) in [6.45, 7) is 0. The lowest BCUT2D eigenvalue weighted by Gasteiger charge is -2.10. The Kier molecular flexibility index (Phi) is 4.46. The molecule has 3 aromatic carbocycles. The van der Waals surface area contributed by atoms with E-state index < -0.39 is 28.4 Å². The van der Waals surface area contributed by atoms with E-state index in [2.05, 4.69) is 10.2 Å². The number of anilines is 2. The van der Waals surface area contributed by atoms with Gasteiger partial charge in [-0.15, -0.1) is 0 Å². The van der Waals surface area contributed by atoms with E-state index in [1.807, 2.05) is 0 Å². The molecule has 0 fully saturated rings. The highest BCUT2D eigenvalue weighted by Crippen LogP contribution is 2.29. The van der Waals surface area contributed by atoms with Crippen LogP contribution >= 0.6 is 0 Å². The normalized spacial score (nSPS) is 11.1. The van der Waals surface area contributed by atoms with Gasteiger partial charge >= 0.3 is 0 Å². The maximum atomic E-state index is 14.4. The van der Waals surface area contributed by atoms with Crippen LogP contribution in [0.4, 0.5) is 24.5 Å². The van der Waals surface area contributed by atoms with Gasteiger partial charge in [0.15, 0.2) is 0 Å². The van der Waals surface area contributed by atoms with Crippen molar-refractivity contribution >= 4 is 22.1 Å². The average molecular weight is 396 g/mol. The quantitative estimate of drug-likeness (QED) is 0.459. The number of hydrogen-bond acceptors (Lipinski definition) is 4. The number of H-pyrrole nitrogens is 1. The molecule has 0 aliphatic carbocycles. The third-order valence-electron chi connectivity index (χ3n) is 4.71. The van der Waals surface area contributed by atoms with Crippen molar-refractivity contribution in [3.8, 4) is 11.1 Å². The van der Waals surface area contributed by atoms with Crippen LogP contribution in [0.3, 0.4) is 0 Å². The molecular formula is C21H15F3N4O. The van der Waals surface area contributed by atoms with Crippen molar-refractivity contribution in [1.29, 1.82) is 0 Å². The summed E-state index contributed by atoms with van der Waals surface area (Å²) >= 11 is 0. The van der Waals surface area contributed by atoms with Crippen LogP contribution in [-0.2, 0) is 6.42 Å². The van der Waals surface area contributed by atoms with Gasteiger partial charge in [-0.25, -0.2) is 18.3 Å². The Balaban J connectivity index is 1.82. The number of fused-ring (bicyclic) bond motifs is 1. The number of hydrogen-bond donors (Lipinski definition) is 3. The molecule has 0 spiro atoms. The van der Waals surface area contributed by atoms with Crippen LogP contribution in [0.1, 0.15) is 11.3 Å². The molecule has 0 saturated heterocycles. The Morgan fingerprint density at radius 1 is 0.828 bits per heavy atom. The second-order valence-corrected chi connectivity index (χ2v) is 6.61. The number of nitrogens with zero attached hydrogens (tertiary/aromatic N) is 1. The molecule has 8 heteroatoms. The molecule has 146 valence electrons. The summed E-state index contributed by atoms with van der Waals surface area (Å²) < 4.78 is 42.8. The molecule has 5 N–H and O–H groups in total. The Labute approximate surface area is 162 Å². The van der Waals surface area contributed by atoms with E-state index in [1.54, 1.807) is 24.3 Å². The third-order valence-corrected chi connectivity index (χ3v) is 4.71. The number of nitrogen functional groups attached to an aromatic ring is 2. The van der Waals surface area contributed by atoms with Crippen LogP contribution in [0.5, 0.6) is 0 Å². The summed E-state index contributed by atoms with van der Waals surface area (Å²) in [4.78, 5) is 11.9. The van der Waals surface area contributed by atoms with Crippen LogP contribution < -0.4 is 17.0 Å². The number of nitrogens with two attached hydrogens (primary N) is 2. The van der Waals surface area contributed by atoms with E-state index in [4.69, 9.17) is 11.5 Å². The monoisotopic (exact) mass is 396 g/mol. The molecule has 0 amide bonds. The smallest absolute Gasteiger partial charge is 0.275 e. The molecule has 0 aliphatic heterocycles. The molecule has 0 unspecified atom stereocenters. The maximum Gasteiger partial charge on any atom is 0.275 e. The number of aromatic amines is 1. The molecule has 4 aromatic rings. The fourth-order valence-corrected chi connectivity index (χ4v) is 3.25. The van der Waals surface area contributed by atoms with E-state index >= 15 is 0 Å². The first-order chi connectivity index (χ1) is 13.8. The van der Waals surface area contributed by atoms with Crippen molar-refractivity contribution in [2.24, 2.45) is 0 Å². The molecule has 1 aromatic heterocycles. The summed E-state index contributed by atoms with van der Waals surface area (Å²) in [5, 5.41) is 5.47. The first-order valence-electron chi connectivity index (χ1n) is 8.64. The van der Waals surface area contributed by atoms with Crippen molar-refractivity contribution in [1.82, 2.24) is 10.2 Å². The van der Waals surface area contributed by atoms with E-state index in [-0.39, 0.29) is 23.1 Å². The second kappa shape index (κ2) is 6.97. The van der Waals surface area contributed by atoms with E-state index in [0.717, 1.165) is 12.1 Å². The largest absolute Gasteiger partial charge is 0.397 e. The average Bonchev–Trinajstić information content (AvgIpc) is 2.70. The van der Waals surface area contributed by atoms with E-state index in [1.165, 1.54) is 12.1 Å². The number of aromatic nitrogens is 2. The zero-order chi connectivity index (χ0) is 20.7. The lowest BCUT2D eigenvalue weighted by atomic mass is 9.98. The Bertz CT molecular complexity index is 1320. The first-order valence-corrected chi connectivity index (χ1v) is 8.64. The van der Waals surface area contributed by atoms with E-state index in [0.29, 0.717) is 22.5 Å². The number of nitrogens with one attached hydrogen (secondary N) is 1. The molecule has 0 atom stereocenters. The summed E-state index contributed by atoms with van der Waals surface area (Å²) in [5.41, 5.74) is 12.9. The molecule has 29 heavy (non-hydrogen) atoms. The summed E-state index contributed by atoms with van der Waals surface area (Å²) in [6, 6.07) is 10.9.